The van der Waals surface area contributed by atoms with Crippen molar-refractivity contribution in [3.63, 3.8) is 0 Å². The molecule has 3 heteroatoms. The van der Waals surface area contributed by atoms with Gasteiger partial charge in [-0.25, -0.2) is 0 Å². The van der Waals surface area contributed by atoms with Crippen LogP contribution < -0.4 is 0 Å². The number of aromatic nitrogens is 2. The van der Waals surface area contributed by atoms with Crippen molar-refractivity contribution in [2.24, 2.45) is 0 Å². The van der Waals surface area contributed by atoms with Gasteiger partial charge in [0.15, 0.2) is 0 Å². The molecule has 0 radical (unpaired) electrons. The van der Waals surface area contributed by atoms with Gasteiger partial charge in [0.05, 0.1) is 11.6 Å². The molecule has 0 N–H and O–H groups in total. The maximum Gasteiger partial charge on any atom is 0.0529 e. The van der Waals surface area contributed by atoms with Crippen LogP contribution in [0.25, 0.3) is 22.7 Å². The average Bonchev–Trinajstić information content (AvgIpc) is 3.06. The molecular formula is C23H25N3. The van der Waals surface area contributed by atoms with E-state index >= 15 is 0 Å². The SMILES string of the molecule is CC(=Cn1c2c(c3cc(C)ccc31)CC1CCC2N1C)c1ccncc1. The van der Waals surface area contributed by atoms with Crippen LogP contribution in [-0.4, -0.2) is 27.5 Å². The minimum absolute atomic E-state index is 0.540. The second kappa shape index (κ2) is 5.82. The van der Waals surface area contributed by atoms with Gasteiger partial charge in [0.1, 0.15) is 0 Å². The highest BCUT2D eigenvalue weighted by molar-refractivity contribution is 5.91. The standard InChI is InChI=1S/C23H25N3/c1-15-4-6-21-19(12-15)20-13-18-5-7-22(25(18)3)23(20)26(21)14-16(2)17-8-10-24-11-9-17/h4,6,8-12,14,18,22H,5,7,13H2,1-3H3. The Labute approximate surface area is 155 Å². The van der Waals surface area contributed by atoms with Crippen molar-refractivity contribution >= 4 is 22.7 Å². The summed E-state index contributed by atoms with van der Waals surface area (Å²) in [6, 6.07) is 12.3. The number of rotatable bonds is 2. The molecule has 1 fully saturated rings. The first-order valence-corrected chi connectivity index (χ1v) is 9.57. The Morgan fingerprint density at radius 1 is 1.15 bits per heavy atom. The van der Waals surface area contributed by atoms with Gasteiger partial charge in [-0.3, -0.25) is 9.88 Å². The Bertz CT molecular complexity index is 1010. The average molecular weight is 343 g/mol. The molecule has 3 nitrogen and oxygen atoms in total. The Morgan fingerprint density at radius 3 is 2.77 bits per heavy atom. The molecule has 26 heavy (non-hydrogen) atoms. The summed E-state index contributed by atoms with van der Waals surface area (Å²) in [6.45, 7) is 4.40. The summed E-state index contributed by atoms with van der Waals surface area (Å²) in [5.41, 5.74) is 8.28. The van der Waals surface area contributed by atoms with Crippen LogP contribution in [0.5, 0.6) is 0 Å². The largest absolute Gasteiger partial charge is 0.318 e. The third-order valence-electron chi connectivity index (χ3n) is 6.36. The number of aryl methyl sites for hydroxylation is 1. The zero-order chi connectivity index (χ0) is 17.8. The predicted octanol–water partition coefficient (Wildman–Crippen LogP) is 5.05. The molecule has 0 aliphatic carbocycles. The van der Waals surface area contributed by atoms with Gasteiger partial charge in [-0.15, -0.1) is 0 Å². The number of benzene rings is 1. The second-order valence-electron chi connectivity index (χ2n) is 7.92. The highest BCUT2D eigenvalue weighted by Crippen LogP contribution is 2.46. The summed E-state index contributed by atoms with van der Waals surface area (Å²) in [5.74, 6) is 0. The first kappa shape index (κ1) is 15.8. The second-order valence-corrected chi connectivity index (χ2v) is 7.92. The fourth-order valence-corrected chi connectivity index (χ4v) is 4.94. The molecule has 5 rings (SSSR count). The number of fused-ring (bicyclic) bond motifs is 6. The van der Waals surface area contributed by atoms with E-state index in [0.717, 1.165) is 0 Å². The zero-order valence-electron chi connectivity index (χ0n) is 15.7. The van der Waals surface area contributed by atoms with E-state index in [1.807, 2.05) is 12.4 Å². The lowest BCUT2D eigenvalue weighted by molar-refractivity contribution is 0.220. The quantitative estimate of drug-likeness (QED) is 0.649. The summed E-state index contributed by atoms with van der Waals surface area (Å²) in [7, 11) is 2.30. The van der Waals surface area contributed by atoms with Crippen molar-refractivity contribution in [2.75, 3.05) is 7.05 Å². The van der Waals surface area contributed by atoms with Crippen LogP contribution in [0.4, 0.5) is 0 Å². The minimum Gasteiger partial charge on any atom is -0.318 e. The number of nitrogens with zero attached hydrogens (tertiary/aromatic N) is 3. The van der Waals surface area contributed by atoms with Crippen molar-refractivity contribution in [1.29, 1.82) is 0 Å². The normalized spacial score (nSPS) is 22.8. The Balaban J connectivity index is 1.76. The van der Waals surface area contributed by atoms with E-state index in [0.29, 0.717) is 12.1 Å². The van der Waals surface area contributed by atoms with Gasteiger partial charge < -0.3 is 4.57 Å². The lowest BCUT2D eigenvalue weighted by Gasteiger charge is -2.32. The molecule has 0 spiro atoms. The van der Waals surface area contributed by atoms with Crippen molar-refractivity contribution in [1.82, 2.24) is 14.5 Å². The molecule has 2 aliphatic heterocycles. The van der Waals surface area contributed by atoms with E-state index in [4.69, 9.17) is 0 Å². The molecule has 2 unspecified atom stereocenters. The first-order chi connectivity index (χ1) is 12.6. The molecule has 2 atom stereocenters. The smallest absolute Gasteiger partial charge is 0.0529 e. The number of likely N-dealkylation sites (N-methyl/N-ethyl adjacent to an activating group) is 1. The Hall–Kier alpha value is -2.39. The van der Waals surface area contributed by atoms with Gasteiger partial charge in [-0.2, -0.15) is 0 Å². The van der Waals surface area contributed by atoms with Crippen LogP contribution in [0, 0.1) is 6.92 Å². The first-order valence-electron chi connectivity index (χ1n) is 9.57. The van der Waals surface area contributed by atoms with Crippen LogP contribution in [0.2, 0.25) is 0 Å². The third-order valence-corrected chi connectivity index (χ3v) is 6.36. The van der Waals surface area contributed by atoms with Gasteiger partial charge >= 0.3 is 0 Å². The van der Waals surface area contributed by atoms with Crippen molar-refractivity contribution < 1.29 is 0 Å². The van der Waals surface area contributed by atoms with Gasteiger partial charge in [0, 0.05) is 35.7 Å². The van der Waals surface area contributed by atoms with Crippen molar-refractivity contribution in [3.8, 4) is 0 Å². The maximum absolute atomic E-state index is 4.15. The van der Waals surface area contributed by atoms with E-state index in [9.17, 15) is 0 Å². The van der Waals surface area contributed by atoms with Crippen LogP contribution in [0.3, 0.4) is 0 Å². The van der Waals surface area contributed by atoms with Crippen molar-refractivity contribution in [2.45, 2.75) is 45.2 Å². The summed E-state index contributed by atoms with van der Waals surface area (Å²) < 4.78 is 2.47. The molecule has 1 saturated heterocycles. The van der Waals surface area contributed by atoms with E-state index < -0.39 is 0 Å². The summed E-state index contributed by atoms with van der Waals surface area (Å²) in [6.07, 6.45) is 9.83. The molecule has 1 aromatic carbocycles. The van der Waals surface area contributed by atoms with Gasteiger partial charge in [-0.05, 0) is 81.1 Å². The molecule has 132 valence electrons. The zero-order valence-corrected chi connectivity index (χ0v) is 15.7. The lowest BCUT2D eigenvalue weighted by atomic mass is 9.97. The van der Waals surface area contributed by atoms with Gasteiger partial charge in [0.25, 0.3) is 0 Å². The van der Waals surface area contributed by atoms with Crippen molar-refractivity contribution in [3.05, 3.63) is 65.1 Å². The molecule has 0 amide bonds. The summed E-state index contributed by atoms with van der Waals surface area (Å²) in [5, 5.41) is 1.45. The molecular weight excluding hydrogens is 318 g/mol. The number of allylic oxidation sites excluding steroid dienone is 1. The fraction of sp³-hybridized carbons (Fsp3) is 0.348. The van der Waals surface area contributed by atoms with Crippen LogP contribution in [0.1, 0.15) is 48.2 Å². The molecule has 2 aliphatic rings. The van der Waals surface area contributed by atoms with E-state index in [-0.39, 0.29) is 0 Å². The monoisotopic (exact) mass is 343 g/mol. The van der Waals surface area contributed by atoms with E-state index in [2.05, 4.69) is 71.9 Å². The topological polar surface area (TPSA) is 21.1 Å². The van der Waals surface area contributed by atoms with E-state index in [1.54, 1.807) is 5.56 Å². The Morgan fingerprint density at radius 2 is 1.96 bits per heavy atom. The van der Waals surface area contributed by atoms with E-state index in [1.165, 1.54) is 52.6 Å². The fourth-order valence-electron chi connectivity index (χ4n) is 4.94. The minimum atomic E-state index is 0.540. The maximum atomic E-state index is 4.15. The number of hydrogen-bond acceptors (Lipinski definition) is 2. The lowest BCUT2D eigenvalue weighted by Crippen LogP contribution is -2.34. The third kappa shape index (κ3) is 2.27. The molecule has 2 bridgehead atoms. The molecule has 2 aromatic heterocycles. The summed E-state index contributed by atoms with van der Waals surface area (Å²) in [4.78, 5) is 6.75. The highest BCUT2D eigenvalue weighted by Gasteiger charge is 2.40. The predicted molar refractivity (Wildman–Crippen MR) is 108 cm³/mol. The van der Waals surface area contributed by atoms with Crippen LogP contribution >= 0.6 is 0 Å². The Kier molecular flexibility index (Phi) is 3.54. The van der Waals surface area contributed by atoms with Gasteiger partial charge in [0.2, 0.25) is 0 Å². The molecule has 4 heterocycles. The number of hydrogen-bond donors (Lipinski definition) is 0. The number of pyridine rings is 1. The molecule has 3 aromatic rings. The van der Waals surface area contributed by atoms with Crippen LogP contribution in [-0.2, 0) is 6.42 Å². The highest BCUT2D eigenvalue weighted by atomic mass is 15.2. The molecule has 0 saturated carbocycles. The van der Waals surface area contributed by atoms with Crippen LogP contribution in [0.15, 0.2) is 42.7 Å². The van der Waals surface area contributed by atoms with Gasteiger partial charge in [-0.1, -0.05) is 11.6 Å². The summed E-state index contributed by atoms with van der Waals surface area (Å²) >= 11 is 0.